The van der Waals surface area contributed by atoms with Gasteiger partial charge in [-0.1, -0.05) is 18.2 Å². The predicted molar refractivity (Wildman–Crippen MR) is 113 cm³/mol. The van der Waals surface area contributed by atoms with Crippen molar-refractivity contribution in [3.63, 3.8) is 0 Å². The van der Waals surface area contributed by atoms with Gasteiger partial charge in [0.1, 0.15) is 11.4 Å². The van der Waals surface area contributed by atoms with E-state index in [0.717, 1.165) is 12.2 Å². The molecule has 0 saturated heterocycles. The van der Waals surface area contributed by atoms with Crippen LogP contribution in [0.2, 0.25) is 0 Å². The van der Waals surface area contributed by atoms with Crippen LogP contribution in [0.15, 0.2) is 60.7 Å². The largest absolute Gasteiger partial charge is 0.505 e. The van der Waals surface area contributed by atoms with E-state index in [9.17, 15) is 29.7 Å². The third kappa shape index (κ3) is 2.81. The number of hydrogen-bond acceptors (Lipinski definition) is 7. The lowest BCUT2D eigenvalue weighted by atomic mass is 9.91. The quantitative estimate of drug-likeness (QED) is 0.519. The smallest absolute Gasteiger partial charge is 0.335 e. The molecule has 3 aromatic rings. The molecular formula is C24H15NO7. The van der Waals surface area contributed by atoms with Gasteiger partial charge in [0.25, 0.3) is 0 Å². The molecule has 2 aliphatic rings. The fraction of sp³-hybridized carbons (Fsp3) is 0.0417. The number of carboxylic acids is 1. The molecule has 0 unspecified atom stereocenters. The Hall–Kier alpha value is -4.59. The number of ketones is 2. The first-order valence-electron chi connectivity index (χ1n) is 9.62. The molecule has 0 radical (unpaired) electrons. The lowest BCUT2D eigenvalue weighted by Gasteiger charge is -2.27. The molecule has 3 N–H and O–H groups in total. The number of para-hydroxylation sites is 1. The predicted octanol–water partition coefficient (Wildman–Crippen LogP) is 4.18. The molecule has 0 bridgehead atoms. The molecule has 32 heavy (non-hydrogen) atoms. The molecule has 0 amide bonds. The lowest BCUT2D eigenvalue weighted by molar-refractivity contribution is 0.0696. The fourth-order valence-electron chi connectivity index (χ4n) is 3.93. The zero-order valence-corrected chi connectivity index (χ0v) is 16.4. The molecule has 1 aliphatic heterocycles. The highest BCUT2D eigenvalue weighted by molar-refractivity contribution is 6.25. The first kappa shape index (κ1) is 19.4. The minimum Gasteiger partial charge on any atom is -0.505 e. The highest BCUT2D eigenvalue weighted by Gasteiger charge is 2.37. The molecule has 1 aliphatic carbocycles. The van der Waals surface area contributed by atoms with E-state index in [1.165, 1.54) is 12.1 Å². The summed E-state index contributed by atoms with van der Waals surface area (Å²) in [6, 6.07) is 12.9. The molecule has 0 spiro atoms. The van der Waals surface area contributed by atoms with Crippen molar-refractivity contribution in [2.45, 2.75) is 6.54 Å². The molecule has 0 fully saturated rings. The Bertz CT molecular complexity index is 1360. The van der Waals surface area contributed by atoms with Crippen LogP contribution in [-0.4, -0.2) is 32.9 Å². The van der Waals surface area contributed by atoms with Crippen molar-refractivity contribution in [2.24, 2.45) is 0 Å². The SMILES string of the molecule is O=C(O)c1ccc(N2Cc3ccccc3Oc3c(O)c4c(c(O)c32)C(=O)C=CC4=O)cc1. The monoisotopic (exact) mass is 429 g/mol. The minimum absolute atomic E-state index is 0.00280. The molecule has 0 atom stereocenters. The number of aromatic hydroxyl groups is 2. The number of fused-ring (bicyclic) bond motifs is 3. The number of phenols is 2. The molecule has 0 aromatic heterocycles. The number of allylic oxidation sites excluding steroid dienone is 2. The number of carbonyl (C=O) groups excluding carboxylic acids is 2. The number of rotatable bonds is 2. The highest BCUT2D eigenvalue weighted by atomic mass is 16.5. The van der Waals surface area contributed by atoms with Crippen LogP contribution in [0.1, 0.15) is 36.6 Å². The number of benzene rings is 3. The number of aromatic carboxylic acids is 1. The summed E-state index contributed by atoms with van der Waals surface area (Å²) >= 11 is 0. The average molecular weight is 429 g/mol. The number of ether oxygens (including phenoxy) is 1. The lowest BCUT2D eigenvalue weighted by Crippen LogP contribution is -2.19. The van der Waals surface area contributed by atoms with E-state index >= 15 is 0 Å². The van der Waals surface area contributed by atoms with Crippen LogP contribution in [0.25, 0.3) is 0 Å². The van der Waals surface area contributed by atoms with E-state index in [2.05, 4.69) is 0 Å². The maximum Gasteiger partial charge on any atom is 0.335 e. The summed E-state index contributed by atoms with van der Waals surface area (Å²) in [6.07, 6.45) is 2.07. The van der Waals surface area contributed by atoms with Gasteiger partial charge in [-0.15, -0.1) is 0 Å². The topological polar surface area (TPSA) is 124 Å². The van der Waals surface area contributed by atoms with Crippen LogP contribution in [0.4, 0.5) is 11.4 Å². The van der Waals surface area contributed by atoms with Gasteiger partial charge < -0.3 is 25.0 Å². The van der Waals surface area contributed by atoms with Gasteiger partial charge in [-0.2, -0.15) is 0 Å². The zero-order valence-electron chi connectivity index (χ0n) is 16.4. The summed E-state index contributed by atoms with van der Waals surface area (Å²) in [5, 5.41) is 31.3. The van der Waals surface area contributed by atoms with Crippen molar-refractivity contribution in [3.8, 4) is 23.0 Å². The molecular weight excluding hydrogens is 414 g/mol. The van der Waals surface area contributed by atoms with Gasteiger partial charge >= 0.3 is 5.97 Å². The molecule has 1 heterocycles. The van der Waals surface area contributed by atoms with Crippen LogP contribution in [0.5, 0.6) is 23.0 Å². The van der Waals surface area contributed by atoms with Crippen LogP contribution >= 0.6 is 0 Å². The maximum absolute atomic E-state index is 12.5. The highest BCUT2D eigenvalue weighted by Crippen LogP contribution is 2.55. The van der Waals surface area contributed by atoms with Crippen molar-refractivity contribution in [1.29, 1.82) is 0 Å². The minimum atomic E-state index is -1.09. The van der Waals surface area contributed by atoms with Crippen LogP contribution < -0.4 is 9.64 Å². The zero-order chi connectivity index (χ0) is 22.6. The third-order valence-electron chi connectivity index (χ3n) is 5.47. The van der Waals surface area contributed by atoms with Crippen LogP contribution in [-0.2, 0) is 6.54 Å². The van der Waals surface area contributed by atoms with E-state index < -0.39 is 29.0 Å². The van der Waals surface area contributed by atoms with Crippen molar-refractivity contribution < 1.29 is 34.4 Å². The number of carboxylic acid groups (broad SMARTS) is 1. The van der Waals surface area contributed by atoms with Crippen molar-refractivity contribution in [1.82, 2.24) is 0 Å². The summed E-state index contributed by atoms with van der Waals surface area (Å²) in [7, 11) is 0. The van der Waals surface area contributed by atoms with Crippen molar-refractivity contribution in [2.75, 3.05) is 4.90 Å². The Balaban J connectivity index is 1.81. The second-order valence-corrected chi connectivity index (χ2v) is 7.33. The number of hydrogen-bond donors (Lipinski definition) is 3. The van der Waals surface area contributed by atoms with Gasteiger partial charge in [0.2, 0.25) is 0 Å². The third-order valence-corrected chi connectivity index (χ3v) is 5.47. The average Bonchev–Trinajstić information content (AvgIpc) is 2.96. The second-order valence-electron chi connectivity index (χ2n) is 7.33. The summed E-state index contributed by atoms with van der Waals surface area (Å²) in [5.41, 5.74) is 0.625. The number of carbonyl (C=O) groups is 3. The Kier molecular flexibility index (Phi) is 4.23. The summed E-state index contributed by atoms with van der Waals surface area (Å²) in [5.74, 6) is -3.19. The van der Waals surface area contributed by atoms with Gasteiger partial charge in [-0.25, -0.2) is 4.79 Å². The summed E-state index contributed by atoms with van der Waals surface area (Å²) in [4.78, 5) is 37.8. The van der Waals surface area contributed by atoms with Crippen molar-refractivity contribution in [3.05, 3.63) is 82.9 Å². The Morgan fingerprint density at radius 3 is 2.16 bits per heavy atom. The van der Waals surface area contributed by atoms with E-state index in [1.54, 1.807) is 41.3 Å². The summed E-state index contributed by atoms with van der Waals surface area (Å²) in [6.45, 7) is 0.180. The molecule has 8 nitrogen and oxygen atoms in total. The molecule has 3 aromatic carbocycles. The fourth-order valence-corrected chi connectivity index (χ4v) is 3.93. The van der Waals surface area contributed by atoms with E-state index in [4.69, 9.17) is 4.74 Å². The number of nitrogens with zero attached hydrogens (tertiary/aromatic N) is 1. The normalized spacial score (nSPS) is 14.2. The van der Waals surface area contributed by atoms with Gasteiger partial charge in [-0.05, 0) is 42.5 Å². The Labute approximate surface area is 181 Å². The molecule has 8 heteroatoms. The van der Waals surface area contributed by atoms with Gasteiger partial charge in [0.15, 0.2) is 28.8 Å². The summed E-state index contributed by atoms with van der Waals surface area (Å²) < 4.78 is 5.94. The maximum atomic E-state index is 12.5. The van der Waals surface area contributed by atoms with Gasteiger partial charge in [-0.3, -0.25) is 9.59 Å². The Morgan fingerprint density at radius 2 is 1.50 bits per heavy atom. The van der Waals surface area contributed by atoms with Gasteiger partial charge in [0.05, 0.1) is 23.2 Å². The van der Waals surface area contributed by atoms with Crippen LogP contribution in [0, 0.1) is 0 Å². The first-order chi connectivity index (χ1) is 15.4. The second kappa shape index (κ2) is 6.98. The van der Waals surface area contributed by atoms with Crippen LogP contribution in [0.3, 0.4) is 0 Å². The molecule has 158 valence electrons. The van der Waals surface area contributed by atoms with E-state index in [1.807, 2.05) is 0 Å². The first-order valence-corrected chi connectivity index (χ1v) is 9.62. The Morgan fingerprint density at radius 1 is 0.875 bits per heavy atom. The molecule has 5 rings (SSSR count). The number of anilines is 2. The number of phenolic OH excluding ortho intramolecular Hbond substituents is 2. The van der Waals surface area contributed by atoms with Gasteiger partial charge in [0, 0.05) is 11.3 Å². The standard InChI is InChI=1S/C24H15NO7/c26-15-9-10-16(27)19-18(15)21(28)20-23(22(19)29)32-17-4-2-1-3-13(17)11-25(20)14-7-5-12(6-8-14)24(30)31/h1-10,28-29H,11H2,(H,30,31). The van der Waals surface area contributed by atoms with E-state index in [-0.39, 0.29) is 34.7 Å². The molecule has 0 saturated carbocycles. The van der Waals surface area contributed by atoms with Crippen molar-refractivity contribution >= 4 is 28.9 Å². The van der Waals surface area contributed by atoms with E-state index in [0.29, 0.717) is 17.0 Å².